The molecular formula is C24H22Br2N2O6S2. The zero-order chi connectivity index (χ0) is 26.7. The monoisotopic (exact) mass is 656 g/mol. The first-order valence-corrected chi connectivity index (χ1v) is 14.0. The van der Waals surface area contributed by atoms with Crippen LogP contribution in [0, 0.1) is 0 Å². The van der Waals surface area contributed by atoms with Gasteiger partial charge in [0.25, 0.3) is 11.8 Å². The van der Waals surface area contributed by atoms with E-state index in [4.69, 9.17) is 9.47 Å². The molecule has 0 unspecified atom stereocenters. The van der Waals surface area contributed by atoms with Crippen molar-refractivity contribution in [2.75, 3.05) is 0 Å². The third kappa shape index (κ3) is 4.96. The Hall–Kier alpha value is -2.28. The van der Waals surface area contributed by atoms with Gasteiger partial charge in [-0.1, -0.05) is 0 Å². The lowest BCUT2D eigenvalue weighted by Gasteiger charge is -2.27. The van der Waals surface area contributed by atoms with Gasteiger partial charge < -0.3 is 9.47 Å². The van der Waals surface area contributed by atoms with Crippen molar-refractivity contribution in [1.29, 1.82) is 0 Å². The van der Waals surface area contributed by atoms with E-state index in [-0.39, 0.29) is 22.5 Å². The minimum absolute atomic E-state index is 0.0504. The molecule has 8 nitrogen and oxygen atoms in total. The average Bonchev–Trinajstić information content (AvgIpc) is 3.44. The summed E-state index contributed by atoms with van der Waals surface area (Å²) in [5, 5.41) is 0. The molecule has 0 spiro atoms. The van der Waals surface area contributed by atoms with Gasteiger partial charge in [0.1, 0.15) is 11.2 Å². The molecule has 0 N–H and O–H groups in total. The largest absolute Gasteiger partial charge is 0.443 e. The van der Waals surface area contributed by atoms with Gasteiger partial charge in [0.15, 0.2) is 0 Å². The van der Waals surface area contributed by atoms with E-state index in [0.717, 1.165) is 17.4 Å². The number of hydrogen-bond donors (Lipinski definition) is 0. The Morgan fingerprint density at radius 3 is 1.28 bits per heavy atom. The normalized spacial score (nSPS) is 16.3. The van der Waals surface area contributed by atoms with Gasteiger partial charge in [-0.05, 0) is 97.7 Å². The summed E-state index contributed by atoms with van der Waals surface area (Å²) in [5.74, 6) is -1.50. The number of carbonyl (C=O) groups is 4. The summed E-state index contributed by atoms with van der Waals surface area (Å²) in [4.78, 5) is 57.0. The Bertz CT molecular complexity index is 1270. The van der Waals surface area contributed by atoms with Crippen LogP contribution in [0.5, 0.6) is 0 Å². The lowest BCUT2D eigenvalue weighted by molar-refractivity contribution is -0.123. The summed E-state index contributed by atoms with van der Waals surface area (Å²) in [6.45, 7) is 10.1. The fourth-order valence-corrected chi connectivity index (χ4v) is 6.47. The number of ether oxygens (including phenoxy) is 2. The van der Waals surface area contributed by atoms with E-state index in [0.29, 0.717) is 9.75 Å². The van der Waals surface area contributed by atoms with Crippen molar-refractivity contribution in [2.24, 2.45) is 0 Å². The van der Waals surface area contributed by atoms with Crippen LogP contribution in [0.4, 0.5) is 9.59 Å². The molecule has 2 aromatic heterocycles. The van der Waals surface area contributed by atoms with E-state index in [9.17, 15) is 19.2 Å². The van der Waals surface area contributed by atoms with Crippen molar-refractivity contribution < 1.29 is 28.7 Å². The second-order valence-electron chi connectivity index (χ2n) is 9.90. The number of imide groups is 2. The molecule has 0 aromatic carbocycles. The van der Waals surface area contributed by atoms with E-state index < -0.39 is 35.2 Å². The average molecular weight is 658 g/mol. The molecule has 0 saturated carbocycles. The molecule has 36 heavy (non-hydrogen) atoms. The third-order valence-corrected chi connectivity index (χ3v) is 8.03. The van der Waals surface area contributed by atoms with E-state index in [2.05, 4.69) is 31.9 Å². The first-order valence-electron chi connectivity index (χ1n) is 10.7. The molecule has 12 heteroatoms. The van der Waals surface area contributed by atoms with Crippen molar-refractivity contribution in [3.05, 3.63) is 52.7 Å². The zero-order valence-corrected chi connectivity index (χ0v) is 25.0. The Labute approximate surface area is 232 Å². The molecule has 0 atom stereocenters. The van der Waals surface area contributed by atoms with Crippen molar-refractivity contribution in [1.82, 2.24) is 9.80 Å². The van der Waals surface area contributed by atoms with E-state index in [1.165, 1.54) is 22.7 Å². The van der Waals surface area contributed by atoms with Gasteiger partial charge in [-0.25, -0.2) is 19.4 Å². The van der Waals surface area contributed by atoms with E-state index in [1.807, 2.05) is 0 Å². The van der Waals surface area contributed by atoms with Gasteiger partial charge in [0.2, 0.25) is 0 Å². The molecule has 4 heterocycles. The van der Waals surface area contributed by atoms with Crippen molar-refractivity contribution >= 4 is 89.9 Å². The van der Waals surface area contributed by atoms with Crippen LogP contribution in [0.15, 0.2) is 43.0 Å². The molecule has 0 aliphatic carbocycles. The number of fused-ring (bicyclic) bond motifs is 1. The van der Waals surface area contributed by atoms with Crippen LogP contribution in [0.3, 0.4) is 0 Å². The van der Waals surface area contributed by atoms with Crippen LogP contribution in [0.1, 0.15) is 51.3 Å². The number of carbonyl (C=O) groups excluding carboxylic acids is 4. The second kappa shape index (κ2) is 9.23. The first-order chi connectivity index (χ1) is 16.6. The maximum absolute atomic E-state index is 13.9. The molecule has 0 radical (unpaired) electrons. The summed E-state index contributed by atoms with van der Waals surface area (Å²) in [6.07, 6.45) is -1.82. The smallest absolute Gasteiger partial charge is 0.422 e. The van der Waals surface area contributed by atoms with Crippen molar-refractivity contribution in [3.63, 3.8) is 0 Å². The molecule has 4 amide bonds. The van der Waals surface area contributed by atoms with Gasteiger partial charge in [-0.3, -0.25) is 9.59 Å². The second-order valence-corrected chi connectivity index (χ2v) is 14.8. The summed E-state index contributed by atoms with van der Waals surface area (Å²) in [6, 6.07) is 6.87. The standard InChI is InChI=1S/C24H22Br2N2O6S2/c1-23(2,3)33-21(31)27-17(11-7-9-13(25)35-11)15-16(19(27)29)18(12-8-10-14(26)36-12)28(20(15)30)22(32)34-24(4,5)6/h7-10H,1-6H3. The van der Waals surface area contributed by atoms with Gasteiger partial charge in [0, 0.05) is 0 Å². The highest BCUT2D eigenvalue weighted by Gasteiger charge is 2.54. The van der Waals surface area contributed by atoms with Crippen LogP contribution in [0.2, 0.25) is 0 Å². The van der Waals surface area contributed by atoms with E-state index >= 15 is 0 Å². The van der Waals surface area contributed by atoms with Gasteiger partial charge in [-0.2, -0.15) is 0 Å². The zero-order valence-electron chi connectivity index (χ0n) is 20.2. The Morgan fingerprint density at radius 1 is 0.694 bits per heavy atom. The minimum Gasteiger partial charge on any atom is -0.443 e. The van der Waals surface area contributed by atoms with Crippen LogP contribution in [-0.2, 0) is 19.1 Å². The van der Waals surface area contributed by atoms with E-state index in [1.54, 1.807) is 65.8 Å². The molecule has 0 fully saturated rings. The minimum atomic E-state index is -0.912. The highest BCUT2D eigenvalue weighted by Crippen LogP contribution is 2.50. The van der Waals surface area contributed by atoms with Gasteiger partial charge in [0.05, 0.1) is 39.9 Å². The number of nitrogens with zero attached hydrogens (tertiary/aromatic N) is 2. The summed E-state index contributed by atoms with van der Waals surface area (Å²) >= 11 is 9.28. The van der Waals surface area contributed by atoms with Crippen LogP contribution in [-0.4, -0.2) is 45.0 Å². The molecule has 190 valence electrons. The number of thiophene rings is 2. The fraction of sp³-hybridized carbons (Fsp3) is 0.333. The molecule has 2 aromatic rings. The van der Waals surface area contributed by atoms with Crippen LogP contribution >= 0.6 is 54.5 Å². The van der Waals surface area contributed by atoms with Crippen LogP contribution < -0.4 is 0 Å². The topological polar surface area (TPSA) is 93.2 Å². The molecular weight excluding hydrogens is 636 g/mol. The first kappa shape index (κ1) is 26.8. The molecule has 2 aliphatic rings. The fourth-order valence-electron chi connectivity index (χ4n) is 3.62. The predicted molar refractivity (Wildman–Crippen MR) is 144 cm³/mol. The van der Waals surface area contributed by atoms with Crippen LogP contribution in [0.25, 0.3) is 11.4 Å². The number of halogens is 2. The van der Waals surface area contributed by atoms with Crippen molar-refractivity contribution in [2.45, 2.75) is 52.7 Å². The highest BCUT2D eigenvalue weighted by atomic mass is 79.9. The highest BCUT2D eigenvalue weighted by molar-refractivity contribution is 9.11. The Kier molecular flexibility index (Phi) is 6.87. The molecule has 0 bridgehead atoms. The van der Waals surface area contributed by atoms with Crippen molar-refractivity contribution in [3.8, 4) is 0 Å². The SMILES string of the molecule is CC(C)(C)OC(=O)N1C(=O)C2=C(c3ccc(Br)s3)N(C(=O)OC(C)(C)C)C(=O)C2=C1c1ccc(Br)s1. The molecule has 4 rings (SSSR count). The Balaban J connectivity index is 1.99. The number of amides is 4. The number of hydrogen-bond acceptors (Lipinski definition) is 8. The molecule has 0 saturated heterocycles. The maximum atomic E-state index is 13.9. The lowest BCUT2D eigenvalue weighted by atomic mass is 10.1. The molecule has 2 aliphatic heterocycles. The summed E-state index contributed by atoms with van der Waals surface area (Å²) in [5.41, 5.74) is -1.73. The lowest BCUT2D eigenvalue weighted by Crippen LogP contribution is -2.40. The predicted octanol–water partition coefficient (Wildman–Crippen LogP) is 7.01. The van der Waals surface area contributed by atoms with Gasteiger partial charge >= 0.3 is 12.2 Å². The quantitative estimate of drug-likeness (QED) is 0.345. The summed E-state index contributed by atoms with van der Waals surface area (Å²) < 4.78 is 12.5. The number of rotatable bonds is 2. The summed E-state index contributed by atoms with van der Waals surface area (Å²) in [7, 11) is 0. The third-order valence-electron chi connectivity index (χ3n) is 4.77. The van der Waals surface area contributed by atoms with Gasteiger partial charge in [-0.15, -0.1) is 22.7 Å². The Morgan fingerprint density at radius 2 is 1.03 bits per heavy atom. The maximum Gasteiger partial charge on any atom is 0.422 e.